The van der Waals surface area contributed by atoms with Crippen LogP contribution in [0.3, 0.4) is 0 Å². The minimum atomic E-state index is 0. The Balaban J connectivity index is 0.00000364. The van der Waals surface area contributed by atoms with Gasteiger partial charge >= 0.3 is 0 Å². The first kappa shape index (κ1) is 23.5. The van der Waals surface area contributed by atoms with Crippen LogP contribution in [0.5, 0.6) is 11.5 Å². The van der Waals surface area contributed by atoms with E-state index in [9.17, 15) is 0 Å². The van der Waals surface area contributed by atoms with E-state index < -0.39 is 0 Å². The molecule has 1 aromatic heterocycles. The summed E-state index contributed by atoms with van der Waals surface area (Å²) in [6.45, 7) is 6.42. The maximum Gasteiger partial charge on any atom is 0.190 e. The molecule has 0 bridgehead atoms. The molecule has 2 aromatic rings. The van der Waals surface area contributed by atoms with Crippen molar-refractivity contribution in [3.05, 3.63) is 39.8 Å². The van der Waals surface area contributed by atoms with E-state index in [0.717, 1.165) is 54.1 Å². The first-order valence-electron chi connectivity index (χ1n) is 8.76. The van der Waals surface area contributed by atoms with E-state index in [2.05, 4.69) is 34.5 Å². The van der Waals surface area contributed by atoms with Crippen molar-refractivity contribution < 1.29 is 9.47 Å². The number of halogens is 1. The second-order valence-corrected chi connectivity index (χ2v) is 7.09. The summed E-state index contributed by atoms with van der Waals surface area (Å²) < 4.78 is 10.8. The molecule has 150 valence electrons. The molecule has 0 fully saturated rings. The van der Waals surface area contributed by atoms with E-state index in [4.69, 9.17) is 9.47 Å². The van der Waals surface area contributed by atoms with Gasteiger partial charge in [-0.3, -0.25) is 4.99 Å². The van der Waals surface area contributed by atoms with E-state index in [1.54, 1.807) is 25.5 Å². The van der Waals surface area contributed by atoms with Crippen LogP contribution in [-0.2, 0) is 6.42 Å². The number of ether oxygens (including phenoxy) is 2. The van der Waals surface area contributed by atoms with Crippen LogP contribution in [0.1, 0.15) is 22.0 Å². The second-order valence-electron chi connectivity index (χ2n) is 5.80. The number of thiazole rings is 1. The fourth-order valence-electron chi connectivity index (χ4n) is 2.30. The standard InChI is InChI=1S/C19H28N4O2S.HI/c1-14-15(2)26-18(23-14)10-12-22-19(20-3)21-11-5-13-25-17-8-6-16(24-4)7-9-17;/h6-9H,5,10-13H2,1-4H3,(H2,20,21,22);1H. The number of guanidine groups is 1. The number of aliphatic imine (C=N–C) groups is 1. The highest BCUT2D eigenvalue weighted by atomic mass is 127. The molecule has 2 rings (SSSR count). The summed E-state index contributed by atoms with van der Waals surface area (Å²) in [6.07, 6.45) is 1.79. The number of methoxy groups -OCH3 is 1. The Hall–Kier alpha value is -1.55. The van der Waals surface area contributed by atoms with Crippen molar-refractivity contribution in [2.24, 2.45) is 4.99 Å². The summed E-state index contributed by atoms with van der Waals surface area (Å²) in [5, 5.41) is 7.78. The maximum atomic E-state index is 5.71. The van der Waals surface area contributed by atoms with Gasteiger partial charge in [-0.15, -0.1) is 35.3 Å². The number of benzene rings is 1. The van der Waals surface area contributed by atoms with Gasteiger partial charge in [0.25, 0.3) is 0 Å². The van der Waals surface area contributed by atoms with Gasteiger partial charge in [0, 0.05) is 31.4 Å². The highest BCUT2D eigenvalue weighted by Gasteiger charge is 2.04. The van der Waals surface area contributed by atoms with Crippen molar-refractivity contribution in [3.63, 3.8) is 0 Å². The molecule has 0 radical (unpaired) electrons. The molecule has 1 heterocycles. The average Bonchev–Trinajstić information content (AvgIpc) is 2.98. The zero-order chi connectivity index (χ0) is 18.8. The Bertz CT molecular complexity index is 685. The highest BCUT2D eigenvalue weighted by molar-refractivity contribution is 14.0. The molecule has 0 atom stereocenters. The van der Waals surface area contributed by atoms with Crippen LogP contribution in [0.4, 0.5) is 0 Å². The van der Waals surface area contributed by atoms with Crippen molar-refractivity contribution in [2.45, 2.75) is 26.7 Å². The highest BCUT2D eigenvalue weighted by Crippen LogP contribution is 2.17. The fraction of sp³-hybridized carbons (Fsp3) is 0.474. The van der Waals surface area contributed by atoms with Gasteiger partial charge in [-0.2, -0.15) is 0 Å². The predicted octanol–water partition coefficient (Wildman–Crippen LogP) is 3.56. The van der Waals surface area contributed by atoms with Crippen molar-refractivity contribution in [1.29, 1.82) is 0 Å². The summed E-state index contributed by atoms with van der Waals surface area (Å²) in [5.41, 5.74) is 1.13. The van der Waals surface area contributed by atoms with Crippen molar-refractivity contribution in [1.82, 2.24) is 15.6 Å². The quantitative estimate of drug-likeness (QED) is 0.237. The summed E-state index contributed by atoms with van der Waals surface area (Å²) in [5.74, 6) is 2.48. The largest absolute Gasteiger partial charge is 0.497 e. The lowest BCUT2D eigenvalue weighted by Gasteiger charge is -2.12. The molecule has 0 saturated carbocycles. The second kappa shape index (κ2) is 12.8. The van der Waals surface area contributed by atoms with Crippen molar-refractivity contribution in [2.75, 3.05) is 33.9 Å². The van der Waals surface area contributed by atoms with Crippen molar-refractivity contribution >= 4 is 41.3 Å². The van der Waals surface area contributed by atoms with Crippen LogP contribution in [0.15, 0.2) is 29.3 Å². The van der Waals surface area contributed by atoms with E-state index in [1.165, 1.54) is 4.88 Å². The van der Waals surface area contributed by atoms with Crippen LogP contribution < -0.4 is 20.1 Å². The average molecular weight is 504 g/mol. The molecule has 6 nitrogen and oxygen atoms in total. The Morgan fingerprint density at radius 3 is 2.37 bits per heavy atom. The lowest BCUT2D eigenvalue weighted by molar-refractivity contribution is 0.310. The van der Waals surface area contributed by atoms with Crippen LogP contribution in [0.2, 0.25) is 0 Å². The first-order chi connectivity index (χ1) is 12.6. The van der Waals surface area contributed by atoms with Gasteiger partial charge in [0.15, 0.2) is 5.96 Å². The monoisotopic (exact) mass is 504 g/mol. The third-order valence-electron chi connectivity index (χ3n) is 3.87. The summed E-state index contributed by atoms with van der Waals surface area (Å²) in [4.78, 5) is 10.1. The Labute approximate surface area is 182 Å². The van der Waals surface area contributed by atoms with E-state index in [-0.39, 0.29) is 24.0 Å². The third kappa shape index (κ3) is 8.34. The molecule has 27 heavy (non-hydrogen) atoms. The molecule has 0 unspecified atom stereocenters. The molecule has 1 aromatic carbocycles. The van der Waals surface area contributed by atoms with Gasteiger partial charge < -0.3 is 20.1 Å². The van der Waals surface area contributed by atoms with Crippen LogP contribution >= 0.6 is 35.3 Å². The Kier molecular flexibility index (Phi) is 11.1. The van der Waals surface area contributed by atoms with Gasteiger partial charge in [0.05, 0.1) is 24.4 Å². The van der Waals surface area contributed by atoms with Gasteiger partial charge in [-0.1, -0.05) is 0 Å². The lowest BCUT2D eigenvalue weighted by atomic mass is 10.3. The molecule has 0 aliphatic rings. The van der Waals surface area contributed by atoms with Gasteiger partial charge in [-0.05, 0) is 44.5 Å². The van der Waals surface area contributed by atoms with Crippen molar-refractivity contribution in [3.8, 4) is 11.5 Å². The van der Waals surface area contributed by atoms with Gasteiger partial charge in [-0.25, -0.2) is 4.98 Å². The summed E-state index contributed by atoms with van der Waals surface area (Å²) in [6, 6.07) is 7.61. The number of hydrogen-bond acceptors (Lipinski definition) is 5. The number of nitrogens with zero attached hydrogens (tertiary/aromatic N) is 2. The van der Waals surface area contributed by atoms with E-state index >= 15 is 0 Å². The lowest BCUT2D eigenvalue weighted by Crippen LogP contribution is -2.39. The normalized spacial score (nSPS) is 10.9. The zero-order valence-electron chi connectivity index (χ0n) is 16.4. The number of hydrogen-bond donors (Lipinski definition) is 2. The predicted molar refractivity (Wildman–Crippen MR) is 123 cm³/mol. The van der Waals surface area contributed by atoms with E-state index in [1.807, 2.05) is 24.3 Å². The molecule has 0 saturated heterocycles. The SMILES string of the molecule is CN=C(NCCCOc1ccc(OC)cc1)NCCc1nc(C)c(C)s1.I. The third-order valence-corrected chi connectivity index (χ3v) is 5.00. The molecule has 2 N–H and O–H groups in total. The Morgan fingerprint density at radius 1 is 1.11 bits per heavy atom. The summed E-state index contributed by atoms with van der Waals surface area (Å²) in [7, 11) is 3.43. The van der Waals surface area contributed by atoms with Crippen LogP contribution in [-0.4, -0.2) is 44.8 Å². The molecule has 0 spiro atoms. The summed E-state index contributed by atoms with van der Waals surface area (Å²) >= 11 is 1.76. The molecule has 0 amide bonds. The smallest absolute Gasteiger partial charge is 0.190 e. The molecule has 8 heteroatoms. The van der Waals surface area contributed by atoms with Crippen LogP contribution in [0, 0.1) is 13.8 Å². The fourth-order valence-corrected chi connectivity index (χ4v) is 3.23. The van der Waals surface area contributed by atoms with E-state index in [0.29, 0.717) is 6.61 Å². The molecular weight excluding hydrogens is 475 g/mol. The minimum Gasteiger partial charge on any atom is -0.497 e. The van der Waals surface area contributed by atoms with Gasteiger partial charge in [0.2, 0.25) is 0 Å². The number of rotatable bonds is 9. The molecular formula is C19H29IN4O2S. The first-order valence-corrected chi connectivity index (χ1v) is 9.58. The zero-order valence-corrected chi connectivity index (χ0v) is 19.5. The topological polar surface area (TPSA) is 67.8 Å². The minimum absolute atomic E-state index is 0. The van der Waals surface area contributed by atoms with Crippen LogP contribution in [0.25, 0.3) is 0 Å². The molecule has 0 aliphatic carbocycles. The number of aryl methyl sites for hydroxylation is 2. The maximum absolute atomic E-state index is 5.71. The number of aromatic nitrogens is 1. The molecule has 0 aliphatic heterocycles. The number of nitrogens with one attached hydrogen (secondary N) is 2. The van der Waals surface area contributed by atoms with Gasteiger partial charge in [0.1, 0.15) is 11.5 Å². The Morgan fingerprint density at radius 2 is 1.78 bits per heavy atom.